The predicted octanol–water partition coefficient (Wildman–Crippen LogP) is 10.9. The van der Waals surface area contributed by atoms with Crippen LogP contribution < -0.4 is 0 Å². The number of pyridine rings is 2. The van der Waals surface area contributed by atoms with Crippen molar-refractivity contribution in [3.05, 3.63) is 164 Å². The molecule has 0 aliphatic carbocycles. The van der Waals surface area contributed by atoms with Gasteiger partial charge in [0.05, 0.1) is 38.6 Å². The van der Waals surface area contributed by atoms with Crippen molar-refractivity contribution in [2.75, 3.05) is 0 Å². The van der Waals surface area contributed by atoms with Gasteiger partial charge in [0.15, 0.2) is 0 Å². The molecule has 0 spiro atoms. The van der Waals surface area contributed by atoms with Crippen molar-refractivity contribution < 1.29 is 0 Å². The van der Waals surface area contributed by atoms with Crippen LogP contribution in [0.3, 0.4) is 0 Å². The van der Waals surface area contributed by atoms with Crippen LogP contribution in [0.15, 0.2) is 164 Å². The summed E-state index contributed by atoms with van der Waals surface area (Å²) in [5, 5.41) is 5.96. The fourth-order valence-electron chi connectivity index (χ4n) is 7.94. The van der Waals surface area contributed by atoms with Gasteiger partial charge in [-0.1, -0.05) is 84.9 Å². The van der Waals surface area contributed by atoms with Crippen LogP contribution in [0.5, 0.6) is 0 Å². The van der Waals surface area contributed by atoms with Crippen molar-refractivity contribution in [1.29, 1.82) is 0 Å². The average molecular weight is 626 g/mol. The van der Waals surface area contributed by atoms with Gasteiger partial charge in [0.1, 0.15) is 11.5 Å². The van der Waals surface area contributed by atoms with E-state index >= 15 is 0 Å². The number of hydrogen-bond acceptors (Lipinski definition) is 2. The first kappa shape index (κ1) is 26.4. The smallest absolute Gasteiger partial charge is 0.139 e. The lowest BCUT2D eigenvalue weighted by atomic mass is 9.99. The molecule has 0 bridgehead atoms. The summed E-state index contributed by atoms with van der Waals surface area (Å²) in [4.78, 5) is 10.4. The van der Waals surface area contributed by atoms with E-state index in [9.17, 15) is 0 Å². The second kappa shape index (κ2) is 9.89. The third kappa shape index (κ3) is 3.70. The van der Waals surface area contributed by atoms with Crippen molar-refractivity contribution in [2.45, 2.75) is 0 Å². The van der Waals surface area contributed by atoms with Gasteiger partial charge < -0.3 is 4.57 Å². The van der Waals surface area contributed by atoms with Gasteiger partial charge in [-0.15, -0.1) is 0 Å². The number of para-hydroxylation sites is 4. The van der Waals surface area contributed by atoms with E-state index in [4.69, 9.17) is 9.97 Å². The quantitative estimate of drug-likeness (QED) is 0.196. The van der Waals surface area contributed by atoms with Gasteiger partial charge in [-0.25, -0.2) is 9.97 Å². The Bertz CT molecular complexity index is 3110. The van der Waals surface area contributed by atoms with Crippen LogP contribution in [-0.4, -0.2) is 23.5 Å². The number of imidazole rings is 1. The molecule has 5 aromatic heterocycles. The minimum atomic E-state index is 0.880. The Hall–Kier alpha value is -6.72. The summed E-state index contributed by atoms with van der Waals surface area (Å²) in [6.07, 6.45) is 2.10. The summed E-state index contributed by atoms with van der Waals surface area (Å²) in [7, 11) is 0. The van der Waals surface area contributed by atoms with Crippen molar-refractivity contribution in [2.24, 2.45) is 0 Å². The maximum Gasteiger partial charge on any atom is 0.139 e. The van der Waals surface area contributed by atoms with Crippen LogP contribution in [0.4, 0.5) is 0 Å². The highest BCUT2D eigenvalue weighted by Gasteiger charge is 2.21. The van der Waals surface area contributed by atoms with E-state index in [1.807, 2.05) is 6.07 Å². The lowest BCUT2D eigenvalue weighted by Crippen LogP contribution is -2.00. The molecule has 0 saturated heterocycles. The molecule has 0 saturated carbocycles. The minimum Gasteiger partial charge on any atom is -0.309 e. The first-order valence-corrected chi connectivity index (χ1v) is 16.6. The van der Waals surface area contributed by atoms with E-state index in [0.717, 1.165) is 61.2 Å². The molecule has 0 unspecified atom stereocenters. The standard InChI is InChI=1S/C44H27N5/c1-2-12-29(13-3-1)48-38-18-8-6-16-32(38)35-26-28(21-24-40(35)48)34-27-42(45-36-17-7-4-14-30(34)36)49-39-19-9-5-15-31(39)33-22-23-37-44(43(33)49)47-25-11-10-20-41(47)46-37/h1-27H. The third-order valence-electron chi connectivity index (χ3n) is 10.0. The van der Waals surface area contributed by atoms with E-state index in [0.29, 0.717) is 0 Å². The van der Waals surface area contributed by atoms with Crippen molar-refractivity contribution in [3.8, 4) is 22.6 Å². The van der Waals surface area contributed by atoms with Gasteiger partial charge in [-0.3, -0.25) is 8.97 Å². The Morgan fingerprint density at radius 1 is 0.408 bits per heavy atom. The molecule has 11 rings (SSSR count). The Morgan fingerprint density at radius 2 is 1.10 bits per heavy atom. The van der Waals surface area contributed by atoms with E-state index in [2.05, 4.69) is 171 Å². The predicted molar refractivity (Wildman–Crippen MR) is 202 cm³/mol. The lowest BCUT2D eigenvalue weighted by Gasteiger charge is -2.14. The summed E-state index contributed by atoms with van der Waals surface area (Å²) in [6.45, 7) is 0. The Kier molecular flexibility index (Phi) is 5.32. The van der Waals surface area contributed by atoms with Gasteiger partial charge in [-0.2, -0.15) is 0 Å². The Balaban J connectivity index is 1.23. The van der Waals surface area contributed by atoms with Crippen molar-refractivity contribution in [3.63, 3.8) is 0 Å². The SMILES string of the molecule is c1ccc(-n2c3ccccc3c3cc(-c4cc(-n5c6ccccc6c6ccc7nc8ccccn8c7c65)nc5ccccc45)ccc32)cc1. The number of fused-ring (bicyclic) bond motifs is 11. The van der Waals surface area contributed by atoms with Gasteiger partial charge >= 0.3 is 0 Å². The maximum absolute atomic E-state index is 5.36. The molecule has 5 nitrogen and oxygen atoms in total. The molecule has 0 aliphatic heterocycles. The second-order valence-electron chi connectivity index (χ2n) is 12.7. The van der Waals surface area contributed by atoms with E-state index in [1.165, 1.54) is 32.6 Å². The minimum absolute atomic E-state index is 0.880. The molecule has 0 fully saturated rings. The summed E-state index contributed by atoms with van der Waals surface area (Å²) in [6, 6.07) is 56.1. The van der Waals surface area contributed by atoms with Crippen LogP contribution in [-0.2, 0) is 0 Å². The summed E-state index contributed by atoms with van der Waals surface area (Å²) < 4.78 is 6.90. The molecule has 0 N–H and O–H groups in total. The number of nitrogens with zero attached hydrogens (tertiary/aromatic N) is 5. The van der Waals surface area contributed by atoms with Crippen LogP contribution in [0.1, 0.15) is 0 Å². The lowest BCUT2D eigenvalue weighted by molar-refractivity contribution is 1.10. The Morgan fingerprint density at radius 3 is 1.96 bits per heavy atom. The zero-order valence-electron chi connectivity index (χ0n) is 26.3. The average Bonchev–Trinajstić information content (AvgIpc) is 3.82. The molecule has 5 heterocycles. The highest BCUT2D eigenvalue weighted by molar-refractivity contribution is 6.18. The van der Waals surface area contributed by atoms with Crippen LogP contribution >= 0.6 is 0 Å². The summed E-state index contributed by atoms with van der Waals surface area (Å²) in [5.74, 6) is 0.880. The molecule has 5 heteroatoms. The number of benzene rings is 6. The number of rotatable bonds is 3. The number of aromatic nitrogens is 5. The fraction of sp³-hybridized carbons (Fsp3) is 0. The van der Waals surface area contributed by atoms with Crippen LogP contribution in [0, 0.1) is 0 Å². The van der Waals surface area contributed by atoms with Crippen LogP contribution in [0.25, 0.3) is 93.8 Å². The van der Waals surface area contributed by atoms with Crippen molar-refractivity contribution in [1.82, 2.24) is 23.5 Å². The topological polar surface area (TPSA) is 40.0 Å². The number of hydrogen-bond donors (Lipinski definition) is 0. The van der Waals surface area contributed by atoms with Gasteiger partial charge in [0.2, 0.25) is 0 Å². The highest BCUT2D eigenvalue weighted by Crippen LogP contribution is 2.40. The second-order valence-corrected chi connectivity index (χ2v) is 12.7. The highest BCUT2D eigenvalue weighted by atomic mass is 15.1. The molecule has 0 atom stereocenters. The molecule has 11 aromatic rings. The molecular formula is C44H27N5. The molecule has 0 aliphatic rings. The zero-order chi connectivity index (χ0) is 32.1. The molecule has 228 valence electrons. The van der Waals surface area contributed by atoms with E-state index in [1.54, 1.807) is 0 Å². The first-order valence-electron chi connectivity index (χ1n) is 16.6. The molecular weight excluding hydrogens is 599 g/mol. The maximum atomic E-state index is 5.36. The molecule has 6 aromatic carbocycles. The molecule has 0 radical (unpaired) electrons. The Labute approximate surface area is 280 Å². The zero-order valence-corrected chi connectivity index (χ0v) is 26.3. The van der Waals surface area contributed by atoms with Crippen LogP contribution in [0.2, 0.25) is 0 Å². The normalized spacial score (nSPS) is 12.1. The summed E-state index contributed by atoms with van der Waals surface area (Å²) >= 11 is 0. The van der Waals surface area contributed by atoms with Gasteiger partial charge in [0, 0.05) is 38.8 Å². The molecule has 0 amide bonds. The van der Waals surface area contributed by atoms with E-state index < -0.39 is 0 Å². The monoisotopic (exact) mass is 625 g/mol. The largest absolute Gasteiger partial charge is 0.309 e. The van der Waals surface area contributed by atoms with Gasteiger partial charge in [-0.05, 0) is 83.9 Å². The third-order valence-corrected chi connectivity index (χ3v) is 10.0. The van der Waals surface area contributed by atoms with Gasteiger partial charge in [0.25, 0.3) is 0 Å². The van der Waals surface area contributed by atoms with E-state index in [-0.39, 0.29) is 0 Å². The summed E-state index contributed by atoms with van der Waals surface area (Å²) in [5.41, 5.74) is 12.0. The first-order chi connectivity index (χ1) is 24.3. The fourth-order valence-corrected chi connectivity index (χ4v) is 7.94. The molecule has 49 heavy (non-hydrogen) atoms. The van der Waals surface area contributed by atoms with Crippen molar-refractivity contribution >= 4 is 71.2 Å².